The molecule has 94 valence electrons. The molecule has 2 aliphatic rings. The van der Waals surface area contributed by atoms with E-state index in [1.165, 1.54) is 14.0 Å². The lowest BCUT2D eigenvalue weighted by atomic mass is 10.00. The van der Waals surface area contributed by atoms with E-state index in [2.05, 4.69) is 4.90 Å². The highest BCUT2D eigenvalue weighted by Gasteiger charge is 2.43. The fourth-order valence-corrected chi connectivity index (χ4v) is 2.75. The molecule has 0 spiro atoms. The van der Waals surface area contributed by atoms with Crippen molar-refractivity contribution in [3.05, 3.63) is 11.3 Å². The van der Waals surface area contributed by atoms with Crippen molar-refractivity contribution >= 4 is 11.9 Å². The Morgan fingerprint density at radius 3 is 2.65 bits per heavy atom. The Kier molecular flexibility index (Phi) is 3.19. The molecule has 5 nitrogen and oxygen atoms in total. The van der Waals surface area contributed by atoms with Gasteiger partial charge in [0, 0.05) is 25.4 Å². The SMILES string of the molecule is COC(=O)C1=C(OC(C)=O)CC2CCC1N2C. The molecule has 0 aromatic heterocycles. The molecule has 0 amide bonds. The van der Waals surface area contributed by atoms with Crippen molar-refractivity contribution in [3.63, 3.8) is 0 Å². The summed E-state index contributed by atoms with van der Waals surface area (Å²) in [6, 6.07) is 0.387. The first-order valence-electron chi connectivity index (χ1n) is 5.76. The van der Waals surface area contributed by atoms with E-state index in [9.17, 15) is 9.59 Å². The highest BCUT2D eigenvalue weighted by Crippen LogP contribution is 2.38. The van der Waals surface area contributed by atoms with E-state index >= 15 is 0 Å². The highest BCUT2D eigenvalue weighted by atomic mass is 16.5. The highest BCUT2D eigenvalue weighted by molar-refractivity contribution is 5.91. The van der Waals surface area contributed by atoms with Crippen molar-refractivity contribution in [2.24, 2.45) is 0 Å². The van der Waals surface area contributed by atoms with Gasteiger partial charge in [-0.25, -0.2) is 4.79 Å². The van der Waals surface area contributed by atoms with Crippen molar-refractivity contribution in [1.82, 2.24) is 4.90 Å². The Balaban J connectivity index is 2.36. The van der Waals surface area contributed by atoms with Gasteiger partial charge in [0.15, 0.2) is 0 Å². The number of carbonyl (C=O) groups excluding carboxylic acids is 2. The van der Waals surface area contributed by atoms with Crippen molar-refractivity contribution in [2.45, 2.75) is 38.3 Å². The second-order valence-corrected chi connectivity index (χ2v) is 4.54. The van der Waals surface area contributed by atoms with Gasteiger partial charge < -0.3 is 9.47 Å². The number of methoxy groups -OCH3 is 1. The van der Waals surface area contributed by atoms with E-state index in [1.807, 2.05) is 7.05 Å². The van der Waals surface area contributed by atoms with Crippen LogP contribution in [-0.4, -0.2) is 43.1 Å². The summed E-state index contributed by atoms with van der Waals surface area (Å²) in [6.07, 6.45) is 2.54. The third kappa shape index (κ3) is 2.07. The molecular weight excluding hydrogens is 222 g/mol. The van der Waals surface area contributed by atoms with E-state index in [4.69, 9.17) is 9.47 Å². The van der Waals surface area contributed by atoms with Crippen LogP contribution >= 0.6 is 0 Å². The van der Waals surface area contributed by atoms with Crippen LogP contribution in [0.15, 0.2) is 11.3 Å². The number of hydrogen-bond acceptors (Lipinski definition) is 5. The number of esters is 2. The zero-order chi connectivity index (χ0) is 12.6. The molecule has 0 aromatic carbocycles. The number of nitrogens with zero attached hydrogens (tertiary/aromatic N) is 1. The Morgan fingerprint density at radius 1 is 1.35 bits per heavy atom. The average Bonchev–Trinajstić information content (AvgIpc) is 2.51. The summed E-state index contributed by atoms with van der Waals surface area (Å²) in [5.41, 5.74) is 0.513. The zero-order valence-corrected chi connectivity index (χ0v) is 10.4. The van der Waals surface area contributed by atoms with Crippen LogP contribution in [-0.2, 0) is 19.1 Å². The first-order chi connectivity index (χ1) is 8.04. The van der Waals surface area contributed by atoms with Crippen molar-refractivity contribution in [3.8, 4) is 0 Å². The summed E-state index contributed by atoms with van der Waals surface area (Å²) in [5, 5.41) is 0. The number of hydrogen-bond donors (Lipinski definition) is 0. The molecule has 0 radical (unpaired) electrons. The molecule has 0 N–H and O–H groups in total. The molecule has 1 saturated heterocycles. The fraction of sp³-hybridized carbons (Fsp3) is 0.667. The summed E-state index contributed by atoms with van der Waals surface area (Å²) in [4.78, 5) is 25.0. The summed E-state index contributed by atoms with van der Waals surface area (Å²) < 4.78 is 9.95. The lowest BCUT2D eigenvalue weighted by Gasteiger charge is -2.33. The minimum atomic E-state index is -0.390. The van der Waals surface area contributed by atoms with Gasteiger partial charge in [-0.3, -0.25) is 9.69 Å². The third-order valence-corrected chi connectivity index (χ3v) is 3.57. The van der Waals surface area contributed by atoms with Crippen LogP contribution in [0, 0.1) is 0 Å². The molecule has 2 atom stereocenters. The molecule has 2 rings (SSSR count). The van der Waals surface area contributed by atoms with Gasteiger partial charge in [0.05, 0.1) is 12.7 Å². The van der Waals surface area contributed by atoms with Gasteiger partial charge >= 0.3 is 11.9 Å². The second kappa shape index (κ2) is 4.49. The van der Waals surface area contributed by atoms with Crippen LogP contribution < -0.4 is 0 Å². The van der Waals surface area contributed by atoms with Gasteiger partial charge in [0.25, 0.3) is 0 Å². The molecular formula is C12H17NO4. The maximum Gasteiger partial charge on any atom is 0.338 e. The summed E-state index contributed by atoms with van der Waals surface area (Å²) in [7, 11) is 3.34. The van der Waals surface area contributed by atoms with Crippen LogP contribution in [0.3, 0.4) is 0 Å². The quantitative estimate of drug-likeness (QED) is 0.668. The lowest BCUT2D eigenvalue weighted by Crippen LogP contribution is -2.41. The van der Waals surface area contributed by atoms with E-state index < -0.39 is 5.97 Å². The number of ether oxygens (including phenoxy) is 2. The molecule has 0 saturated carbocycles. The standard InChI is InChI=1S/C12H17NO4/c1-7(14)17-10-6-8-4-5-9(13(8)2)11(10)12(15)16-3/h8-9H,4-6H2,1-3H3. The molecule has 0 aromatic rings. The fourth-order valence-electron chi connectivity index (χ4n) is 2.75. The van der Waals surface area contributed by atoms with Crippen LogP contribution in [0.1, 0.15) is 26.2 Å². The maximum atomic E-state index is 11.8. The molecule has 17 heavy (non-hydrogen) atoms. The van der Waals surface area contributed by atoms with Crippen molar-refractivity contribution < 1.29 is 19.1 Å². The smallest absolute Gasteiger partial charge is 0.338 e. The van der Waals surface area contributed by atoms with E-state index in [1.54, 1.807) is 0 Å². The molecule has 2 heterocycles. The first kappa shape index (κ1) is 12.1. The number of likely N-dealkylation sites (N-methyl/N-ethyl adjacent to an activating group) is 1. The van der Waals surface area contributed by atoms with E-state index in [0.717, 1.165) is 12.8 Å². The van der Waals surface area contributed by atoms with Gasteiger partial charge in [0.2, 0.25) is 0 Å². The third-order valence-electron chi connectivity index (χ3n) is 3.57. The number of fused-ring (bicyclic) bond motifs is 2. The molecule has 2 aliphatic heterocycles. The number of rotatable bonds is 2. The van der Waals surface area contributed by atoms with Gasteiger partial charge in [0.1, 0.15) is 5.76 Å². The van der Waals surface area contributed by atoms with E-state index in [0.29, 0.717) is 23.8 Å². The van der Waals surface area contributed by atoms with Crippen molar-refractivity contribution in [1.29, 1.82) is 0 Å². The van der Waals surface area contributed by atoms with E-state index in [-0.39, 0.29) is 12.0 Å². The summed E-state index contributed by atoms with van der Waals surface area (Å²) >= 11 is 0. The summed E-state index contributed by atoms with van der Waals surface area (Å²) in [6.45, 7) is 1.35. The minimum absolute atomic E-state index is 0.0237. The Labute approximate surface area is 100 Å². The number of carbonyl (C=O) groups is 2. The predicted octanol–water partition coefficient (Wildman–Crippen LogP) is 0.843. The zero-order valence-electron chi connectivity index (χ0n) is 10.4. The molecule has 5 heteroatoms. The molecule has 1 fully saturated rings. The monoisotopic (exact) mass is 239 g/mol. The first-order valence-corrected chi connectivity index (χ1v) is 5.76. The molecule has 2 unspecified atom stereocenters. The van der Waals surface area contributed by atoms with Crippen LogP contribution in [0.5, 0.6) is 0 Å². The maximum absolute atomic E-state index is 11.8. The molecule has 0 aliphatic carbocycles. The Morgan fingerprint density at radius 2 is 2.06 bits per heavy atom. The van der Waals surface area contributed by atoms with Crippen LogP contribution in [0.25, 0.3) is 0 Å². The minimum Gasteiger partial charge on any atom is -0.466 e. The van der Waals surface area contributed by atoms with Gasteiger partial charge in [-0.15, -0.1) is 0 Å². The Bertz CT molecular complexity index is 388. The Hall–Kier alpha value is -1.36. The largest absolute Gasteiger partial charge is 0.466 e. The van der Waals surface area contributed by atoms with Gasteiger partial charge in [-0.2, -0.15) is 0 Å². The van der Waals surface area contributed by atoms with Crippen LogP contribution in [0.2, 0.25) is 0 Å². The topological polar surface area (TPSA) is 55.8 Å². The predicted molar refractivity (Wildman–Crippen MR) is 60.0 cm³/mol. The summed E-state index contributed by atoms with van der Waals surface area (Å²) in [5.74, 6) is -0.279. The van der Waals surface area contributed by atoms with Crippen molar-refractivity contribution in [2.75, 3.05) is 14.2 Å². The lowest BCUT2D eigenvalue weighted by molar-refractivity contribution is -0.139. The second-order valence-electron chi connectivity index (χ2n) is 4.54. The van der Waals surface area contributed by atoms with Gasteiger partial charge in [-0.05, 0) is 19.9 Å². The normalized spacial score (nSPS) is 28.2. The average molecular weight is 239 g/mol. The van der Waals surface area contributed by atoms with Gasteiger partial charge in [-0.1, -0.05) is 0 Å². The molecule has 2 bridgehead atoms. The van der Waals surface area contributed by atoms with Crippen LogP contribution in [0.4, 0.5) is 0 Å².